The minimum Gasteiger partial charge on any atom is -0.489 e. The van der Waals surface area contributed by atoms with Gasteiger partial charge in [0.25, 0.3) is 0 Å². The van der Waals surface area contributed by atoms with E-state index in [0.29, 0.717) is 51.8 Å². The van der Waals surface area contributed by atoms with Gasteiger partial charge >= 0.3 is 0 Å². The number of hydrogen-bond donors (Lipinski definition) is 1. The first-order valence-electron chi connectivity index (χ1n) is 14.6. The van der Waals surface area contributed by atoms with Crippen LogP contribution in [0.15, 0.2) is 36.4 Å². The molecule has 3 fully saturated rings. The second-order valence-electron chi connectivity index (χ2n) is 11.3. The Labute approximate surface area is 227 Å². The van der Waals surface area contributed by atoms with E-state index in [9.17, 15) is 9.59 Å². The summed E-state index contributed by atoms with van der Waals surface area (Å²) in [5, 5.41) is 3.14. The van der Waals surface area contributed by atoms with Gasteiger partial charge in [0.1, 0.15) is 12.4 Å². The molecule has 1 N–H and O–H groups in total. The second kappa shape index (κ2) is 13.6. The number of hydrogen-bond acceptors (Lipinski definition) is 6. The van der Waals surface area contributed by atoms with Crippen molar-refractivity contribution in [3.05, 3.63) is 42.0 Å². The number of fused-ring (bicyclic) bond motifs is 3. The number of rotatable bonds is 6. The van der Waals surface area contributed by atoms with E-state index in [2.05, 4.69) is 33.3 Å². The minimum absolute atomic E-state index is 0.126. The van der Waals surface area contributed by atoms with Gasteiger partial charge in [0.05, 0.1) is 6.54 Å². The maximum Gasteiger partial charge on any atom is 0.236 e. The smallest absolute Gasteiger partial charge is 0.236 e. The van der Waals surface area contributed by atoms with Gasteiger partial charge in [0, 0.05) is 64.0 Å². The largest absolute Gasteiger partial charge is 0.489 e. The van der Waals surface area contributed by atoms with E-state index in [1.165, 1.54) is 12.8 Å². The predicted octanol–water partition coefficient (Wildman–Crippen LogP) is 2.68. The molecule has 2 bridgehead atoms. The molecule has 0 unspecified atom stereocenters. The Morgan fingerprint density at radius 1 is 1.03 bits per heavy atom. The van der Waals surface area contributed by atoms with E-state index in [4.69, 9.17) is 9.47 Å². The van der Waals surface area contributed by atoms with Crippen molar-refractivity contribution in [1.29, 1.82) is 0 Å². The predicted molar refractivity (Wildman–Crippen MR) is 147 cm³/mol. The molecule has 0 saturated carbocycles. The van der Waals surface area contributed by atoms with Crippen molar-refractivity contribution in [3.63, 3.8) is 0 Å². The highest BCUT2D eigenvalue weighted by Crippen LogP contribution is 2.30. The maximum absolute atomic E-state index is 13.6. The average Bonchev–Trinajstić information content (AvgIpc) is 3.46. The zero-order chi connectivity index (χ0) is 26.2. The molecule has 208 valence electrons. The van der Waals surface area contributed by atoms with E-state index in [1.807, 2.05) is 23.1 Å². The molecule has 5 rings (SSSR count). The number of carbonyl (C=O) groups excluding carboxylic acids is 2. The summed E-state index contributed by atoms with van der Waals surface area (Å²) in [6.45, 7) is 8.37. The van der Waals surface area contributed by atoms with Gasteiger partial charge < -0.3 is 24.6 Å². The molecule has 8 nitrogen and oxygen atoms in total. The van der Waals surface area contributed by atoms with Gasteiger partial charge in [-0.05, 0) is 63.1 Å². The van der Waals surface area contributed by atoms with Crippen LogP contribution < -0.4 is 10.1 Å². The molecule has 0 aliphatic carbocycles. The van der Waals surface area contributed by atoms with E-state index in [-0.39, 0.29) is 23.7 Å². The van der Waals surface area contributed by atoms with Crippen LogP contribution in [0, 0.1) is 11.8 Å². The number of nitrogens with one attached hydrogen (secondary N) is 1. The summed E-state index contributed by atoms with van der Waals surface area (Å²) in [4.78, 5) is 33.2. The normalized spacial score (nSPS) is 26.9. The first-order chi connectivity index (χ1) is 18.7. The zero-order valence-electron chi connectivity index (χ0n) is 22.7. The monoisotopic (exact) mass is 524 g/mol. The molecule has 4 aliphatic heterocycles. The highest BCUT2D eigenvalue weighted by molar-refractivity contribution is 5.79. The van der Waals surface area contributed by atoms with E-state index in [0.717, 1.165) is 63.4 Å². The molecule has 0 aromatic heterocycles. The summed E-state index contributed by atoms with van der Waals surface area (Å²) in [5.41, 5.74) is 1.11. The molecule has 3 saturated heterocycles. The lowest BCUT2D eigenvalue weighted by Gasteiger charge is -2.39. The summed E-state index contributed by atoms with van der Waals surface area (Å²) in [7, 11) is 0. The first kappa shape index (κ1) is 27.2. The number of para-hydroxylation sites is 1. The van der Waals surface area contributed by atoms with Crippen LogP contribution in [0.1, 0.15) is 44.1 Å². The average molecular weight is 525 g/mol. The number of carbonyl (C=O) groups is 2. The lowest BCUT2D eigenvalue weighted by Crippen LogP contribution is -2.50. The van der Waals surface area contributed by atoms with Crippen LogP contribution in [0.3, 0.4) is 0 Å². The number of benzene rings is 1. The summed E-state index contributed by atoms with van der Waals surface area (Å²) in [5.74, 6) is 1.56. The maximum atomic E-state index is 13.6. The Morgan fingerprint density at radius 3 is 2.68 bits per heavy atom. The van der Waals surface area contributed by atoms with Crippen molar-refractivity contribution in [2.24, 2.45) is 11.8 Å². The number of piperidine rings is 1. The molecular weight excluding hydrogens is 480 g/mol. The van der Waals surface area contributed by atoms with E-state index in [1.54, 1.807) is 0 Å². The van der Waals surface area contributed by atoms with Gasteiger partial charge in [-0.15, -0.1) is 0 Å². The third-order valence-corrected chi connectivity index (χ3v) is 8.67. The molecule has 38 heavy (non-hydrogen) atoms. The molecular formula is C30H44N4O4. The SMILES string of the molecule is O=C(C[C@@H]1CCN2C[C@@H]1/C=C\COc1ccccc1CN(C1CCOCC1)CC2=O)NCCN1CCCC1. The molecule has 2 amide bonds. The zero-order valence-corrected chi connectivity index (χ0v) is 22.7. The quantitative estimate of drug-likeness (QED) is 0.577. The molecule has 0 radical (unpaired) electrons. The van der Waals surface area contributed by atoms with Crippen molar-refractivity contribution in [2.45, 2.75) is 51.1 Å². The minimum atomic E-state index is 0.126. The molecule has 0 spiro atoms. The Hall–Kier alpha value is -2.42. The van der Waals surface area contributed by atoms with Gasteiger partial charge in [0.15, 0.2) is 0 Å². The van der Waals surface area contributed by atoms with Crippen LogP contribution in [0.5, 0.6) is 5.75 Å². The topological polar surface area (TPSA) is 74.3 Å². The van der Waals surface area contributed by atoms with E-state index < -0.39 is 0 Å². The molecule has 1 aromatic rings. The summed E-state index contributed by atoms with van der Waals surface area (Å²) >= 11 is 0. The van der Waals surface area contributed by atoms with Crippen LogP contribution in [-0.2, 0) is 20.9 Å². The van der Waals surface area contributed by atoms with Crippen molar-refractivity contribution in [1.82, 2.24) is 20.0 Å². The van der Waals surface area contributed by atoms with Crippen LogP contribution in [0.2, 0.25) is 0 Å². The lowest BCUT2D eigenvalue weighted by molar-refractivity contribution is -0.136. The Morgan fingerprint density at radius 2 is 1.84 bits per heavy atom. The summed E-state index contributed by atoms with van der Waals surface area (Å²) in [6.07, 6.45) is 10.0. The summed E-state index contributed by atoms with van der Waals surface area (Å²) < 4.78 is 11.8. The molecule has 4 aliphatic rings. The van der Waals surface area contributed by atoms with Gasteiger partial charge in [0.2, 0.25) is 11.8 Å². The molecule has 4 heterocycles. The Balaban J connectivity index is 1.26. The second-order valence-corrected chi connectivity index (χ2v) is 11.3. The lowest BCUT2D eigenvalue weighted by atomic mass is 9.82. The van der Waals surface area contributed by atoms with Gasteiger partial charge in [-0.25, -0.2) is 0 Å². The van der Waals surface area contributed by atoms with Gasteiger partial charge in [-0.1, -0.05) is 30.4 Å². The number of amides is 2. The highest BCUT2D eigenvalue weighted by Gasteiger charge is 2.33. The fraction of sp³-hybridized carbons (Fsp3) is 0.667. The van der Waals surface area contributed by atoms with Crippen LogP contribution in [0.25, 0.3) is 0 Å². The number of ether oxygens (including phenoxy) is 2. The number of nitrogens with zero attached hydrogens (tertiary/aromatic N) is 3. The molecule has 1 aromatic carbocycles. The Kier molecular flexibility index (Phi) is 9.71. The van der Waals surface area contributed by atoms with E-state index >= 15 is 0 Å². The van der Waals surface area contributed by atoms with Crippen LogP contribution in [-0.4, -0.2) is 98.2 Å². The first-order valence-corrected chi connectivity index (χ1v) is 14.6. The van der Waals surface area contributed by atoms with Crippen LogP contribution in [0.4, 0.5) is 0 Å². The third-order valence-electron chi connectivity index (χ3n) is 8.67. The van der Waals surface area contributed by atoms with Crippen molar-refractivity contribution >= 4 is 11.8 Å². The van der Waals surface area contributed by atoms with Crippen molar-refractivity contribution < 1.29 is 19.1 Å². The fourth-order valence-corrected chi connectivity index (χ4v) is 6.40. The van der Waals surface area contributed by atoms with Crippen LogP contribution >= 0.6 is 0 Å². The fourth-order valence-electron chi connectivity index (χ4n) is 6.40. The van der Waals surface area contributed by atoms with Gasteiger partial charge in [-0.2, -0.15) is 0 Å². The Bertz CT molecular complexity index is 957. The standard InChI is InChI=1S/C30H44N4O4/c35-29(31-12-16-32-13-3-4-14-32)20-24-9-15-33-21-25(24)7-5-17-38-28-8-2-1-6-26(28)22-34(23-30(33)36)27-10-18-37-19-11-27/h1-2,5-8,24-25,27H,3-4,9-23H2,(H,31,35)/b7-5-/t24-,25-/m0/s1. The molecule has 2 atom stereocenters. The van der Waals surface area contributed by atoms with Crippen molar-refractivity contribution in [3.8, 4) is 5.75 Å². The number of likely N-dealkylation sites (tertiary alicyclic amines) is 1. The van der Waals surface area contributed by atoms with Crippen molar-refractivity contribution in [2.75, 3.05) is 65.6 Å². The molecule has 8 heteroatoms. The highest BCUT2D eigenvalue weighted by atomic mass is 16.5. The van der Waals surface area contributed by atoms with Gasteiger partial charge in [-0.3, -0.25) is 14.5 Å². The third kappa shape index (κ3) is 7.36. The summed E-state index contributed by atoms with van der Waals surface area (Å²) in [6, 6.07) is 8.48.